The van der Waals surface area contributed by atoms with Crippen LogP contribution in [0.25, 0.3) is 0 Å². The Balaban J connectivity index is 0. The van der Waals surface area contributed by atoms with Crippen LogP contribution in [0, 0.1) is 0 Å². The number of alkyl halides is 1. The summed E-state index contributed by atoms with van der Waals surface area (Å²) in [6, 6.07) is 0. The largest absolute Gasteiger partial charge is 0.370 e. The molecule has 0 saturated heterocycles. The lowest BCUT2D eigenvalue weighted by Gasteiger charge is -2.03. The molecule has 1 amide bonds. The van der Waals surface area contributed by atoms with Gasteiger partial charge in [0, 0.05) is 11.8 Å². The Morgan fingerprint density at radius 2 is 0.917 bits per heavy atom. The summed E-state index contributed by atoms with van der Waals surface area (Å²) in [6.45, 7) is 4.41. The third kappa shape index (κ3) is 29.9. The molecular formula is C21H44BrNO. The van der Waals surface area contributed by atoms with E-state index in [2.05, 4.69) is 29.8 Å². The normalized spacial score (nSPS) is 10.3. The average molecular weight is 406 g/mol. The first-order chi connectivity index (χ1) is 11.7. The quantitative estimate of drug-likeness (QED) is 0.197. The standard InChI is InChI=1S/C18H37NO.C3H7Br/c1-2-3-4-5-6-7-8-9-10-11-12-13-14-15-16-17-18(19)20;1-2-3-4/h2-17H2,1H3,(H2,19,20);2-3H2,1H3. The fourth-order valence-electron chi connectivity index (χ4n) is 2.67. The van der Waals surface area contributed by atoms with Gasteiger partial charge in [0.25, 0.3) is 0 Å². The molecule has 0 rings (SSSR count). The van der Waals surface area contributed by atoms with Crippen LogP contribution < -0.4 is 5.73 Å². The topological polar surface area (TPSA) is 43.1 Å². The van der Waals surface area contributed by atoms with E-state index in [1.165, 1.54) is 96.3 Å². The van der Waals surface area contributed by atoms with Crippen molar-refractivity contribution in [1.29, 1.82) is 0 Å². The SMILES string of the molecule is CCCBr.CCCCCCCCCCCCCCCCCC(N)=O. The fourth-order valence-corrected chi connectivity index (χ4v) is 2.67. The minimum atomic E-state index is -0.153. The Morgan fingerprint density at radius 3 is 1.17 bits per heavy atom. The minimum absolute atomic E-state index is 0.153. The Morgan fingerprint density at radius 1 is 0.625 bits per heavy atom. The van der Waals surface area contributed by atoms with Crippen molar-refractivity contribution in [3.05, 3.63) is 0 Å². The van der Waals surface area contributed by atoms with Crippen LogP contribution in [0.2, 0.25) is 0 Å². The van der Waals surface area contributed by atoms with E-state index in [9.17, 15) is 4.79 Å². The summed E-state index contributed by atoms with van der Waals surface area (Å²) < 4.78 is 0. The molecule has 0 radical (unpaired) electrons. The monoisotopic (exact) mass is 405 g/mol. The zero-order valence-corrected chi connectivity index (χ0v) is 18.2. The van der Waals surface area contributed by atoms with Crippen molar-refractivity contribution < 1.29 is 4.79 Å². The summed E-state index contributed by atoms with van der Waals surface area (Å²) in [4.78, 5) is 10.6. The van der Waals surface area contributed by atoms with Crippen LogP contribution >= 0.6 is 15.9 Å². The van der Waals surface area contributed by atoms with Crippen LogP contribution in [0.5, 0.6) is 0 Å². The van der Waals surface area contributed by atoms with Gasteiger partial charge in [-0.1, -0.05) is 120 Å². The molecule has 0 atom stereocenters. The van der Waals surface area contributed by atoms with Crippen LogP contribution in [0.15, 0.2) is 0 Å². The van der Waals surface area contributed by atoms with Gasteiger partial charge in [-0.3, -0.25) is 4.79 Å². The molecule has 0 aromatic rings. The number of hydrogen-bond donors (Lipinski definition) is 1. The molecule has 0 aromatic carbocycles. The highest BCUT2D eigenvalue weighted by Crippen LogP contribution is 2.13. The molecule has 3 heteroatoms. The number of carbonyl (C=O) groups excluding carboxylic acids is 1. The third-order valence-electron chi connectivity index (χ3n) is 4.22. The number of hydrogen-bond acceptors (Lipinski definition) is 1. The molecule has 0 fully saturated rings. The molecule has 2 nitrogen and oxygen atoms in total. The Labute approximate surface area is 160 Å². The van der Waals surface area contributed by atoms with Gasteiger partial charge in [-0.15, -0.1) is 0 Å². The van der Waals surface area contributed by atoms with Crippen LogP contribution in [-0.2, 0) is 4.79 Å². The van der Waals surface area contributed by atoms with E-state index in [-0.39, 0.29) is 5.91 Å². The highest BCUT2D eigenvalue weighted by Gasteiger charge is 1.96. The fraction of sp³-hybridized carbons (Fsp3) is 0.952. The Bertz CT molecular complexity index is 232. The van der Waals surface area contributed by atoms with Crippen LogP contribution in [-0.4, -0.2) is 11.2 Å². The number of amides is 1. The van der Waals surface area contributed by atoms with E-state index in [0.717, 1.165) is 11.8 Å². The number of rotatable bonds is 17. The summed E-state index contributed by atoms with van der Waals surface area (Å²) >= 11 is 3.25. The zero-order chi connectivity index (χ0) is 18.3. The highest BCUT2D eigenvalue weighted by molar-refractivity contribution is 9.09. The van der Waals surface area contributed by atoms with Crippen LogP contribution in [0.1, 0.15) is 123 Å². The first-order valence-corrected chi connectivity index (χ1v) is 11.6. The first kappa shape index (κ1) is 26.2. The molecule has 0 aromatic heterocycles. The van der Waals surface area contributed by atoms with Gasteiger partial charge in [0.15, 0.2) is 0 Å². The van der Waals surface area contributed by atoms with Crippen LogP contribution in [0.3, 0.4) is 0 Å². The molecule has 0 spiro atoms. The summed E-state index contributed by atoms with van der Waals surface area (Å²) in [7, 11) is 0. The lowest BCUT2D eigenvalue weighted by Crippen LogP contribution is -2.09. The molecule has 146 valence electrons. The average Bonchev–Trinajstić information content (AvgIpc) is 2.58. The van der Waals surface area contributed by atoms with Crippen molar-refractivity contribution in [2.24, 2.45) is 5.73 Å². The molecule has 0 bridgehead atoms. The third-order valence-corrected chi connectivity index (χ3v) is 5.01. The molecule has 0 aliphatic heterocycles. The van der Waals surface area contributed by atoms with E-state index in [1.54, 1.807) is 0 Å². The smallest absolute Gasteiger partial charge is 0.217 e. The van der Waals surface area contributed by atoms with Crippen molar-refractivity contribution in [1.82, 2.24) is 0 Å². The molecule has 0 aliphatic rings. The predicted molar refractivity (Wildman–Crippen MR) is 113 cm³/mol. The van der Waals surface area contributed by atoms with E-state index in [4.69, 9.17) is 5.73 Å². The van der Waals surface area contributed by atoms with E-state index in [0.29, 0.717) is 6.42 Å². The second kappa shape index (κ2) is 25.2. The van der Waals surface area contributed by atoms with Gasteiger partial charge >= 0.3 is 0 Å². The van der Waals surface area contributed by atoms with Gasteiger partial charge in [-0.2, -0.15) is 0 Å². The molecule has 0 saturated carbocycles. The lowest BCUT2D eigenvalue weighted by molar-refractivity contribution is -0.118. The highest BCUT2D eigenvalue weighted by atomic mass is 79.9. The Kier molecular flexibility index (Phi) is 27.5. The molecule has 0 unspecified atom stereocenters. The van der Waals surface area contributed by atoms with Gasteiger partial charge in [0.05, 0.1) is 0 Å². The van der Waals surface area contributed by atoms with E-state index >= 15 is 0 Å². The van der Waals surface area contributed by atoms with Gasteiger partial charge in [0.2, 0.25) is 5.91 Å². The minimum Gasteiger partial charge on any atom is -0.370 e. The van der Waals surface area contributed by atoms with Crippen molar-refractivity contribution in [3.8, 4) is 0 Å². The summed E-state index contributed by atoms with van der Waals surface area (Å²) in [5.74, 6) is -0.153. The predicted octanol–water partition coefficient (Wildman–Crippen LogP) is 7.52. The summed E-state index contributed by atoms with van der Waals surface area (Å²) in [5, 5.41) is 1.13. The summed E-state index contributed by atoms with van der Waals surface area (Å²) in [6.07, 6.45) is 22.1. The van der Waals surface area contributed by atoms with Crippen molar-refractivity contribution in [2.45, 2.75) is 123 Å². The van der Waals surface area contributed by atoms with Gasteiger partial charge in [0.1, 0.15) is 0 Å². The van der Waals surface area contributed by atoms with Gasteiger partial charge in [-0.05, 0) is 12.8 Å². The maximum atomic E-state index is 10.6. The maximum absolute atomic E-state index is 10.6. The number of unbranched alkanes of at least 4 members (excludes halogenated alkanes) is 14. The molecule has 0 heterocycles. The number of carbonyl (C=O) groups is 1. The van der Waals surface area contributed by atoms with Crippen molar-refractivity contribution >= 4 is 21.8 Å². The van der Waals surface area contributed by atoms with E-state index < -0.39 is 0 Å². The van der Waals surface area contributed by atoms with Crippen LogP contribution in [0.4, 0.5) is 0 Å². The zero-order valence-electron chi connectivity index (χ0n) is 16.6. The lowest BCUT2D eigenvalue weighted by atomic mass is 10.0. The van der Waals surface area contributed by atoms with Gasteiger partial charge in [-0.25, -0.2) is 0 Å². The van der Waals surface area contributed by atoms with Gasteiger partial charge < -0.3 is 5.73 Å². The summed E-state index contributed by atoms with van der Waals surface area (Å²) in [5.41, 5.74) is 5.11. The number of primary amides is 1. The van der Waals surface area contributed by atoms with E-state index in [1.807, 2.05) is 0 Å². The first-order valence-electron chi connectivity index (χ1n) is 10.5. The molecule has 2 N–H and O–H groups in total. The second-order valence-corrected chi connectivity index (χ2v) is 7.65. The second-order valence-electron chi connectivity index (χ2n) is 6.86. The molecule has 24 heavy (non-hydrogen) atoms. The Hall–Kier alpha value is -0.0500. The van der Waals surface area contributed by atoms with Crippen molar-refractivity contribution in [2.75, 3.05) is 5.33 Å². The molecule has 0 aliphatic carbocycles. The maximum Gasteiger partial charge on any atom is 0.217 e. The number of nitrogens with two attached hydrogens (primary N) is 1. The number of halogens is 1. The molecular weight excluding hydrogens is 362 g/mol. The van der Waals surface area contributed by atoms with Crippen molar-refractivity contribution in [3.63, 3.8) is 0 Å².